The third kappa shape index (κ3) is 3.93. The second-order valence-corrected chi connectivity index (χ2v) is 6.65. The van der Waals surface area contributed by atoms with Gasteiger partial charge >= 0.3 is 0 Å². The summed E-state index contributed by atoms with van der Waals surface area (Å²) in [6.07, 6.45) is -2.31. The first kappa shape index (κ1) is 18.9. The van der Waals surface area contributed by atoms with Gasteiger partial charge in [0.1, 0.15) is 24.1 Å². The molecule has 0 spiro atoms. The molecule has 2 aliphatic heterocycles. The van der Waals surface area contributed by atoms with Crippen LogP contribution in [0.2, 0.25) is 0 Å². The summed E-state index contributed by atoms with van der Waals surface area (Å²) >= 11 is 0. The Morgan fingerprint density at radius 1 is 1.27 bits per heavy atom. The highest BCUT2D eigenvalue weighted by Gasteiger charge is 2.57. The highest BCUT2D eigenvalue weighted by molar-refractivity contribution is 5.26. The van der Waals surface area contributed by atoms with Gasteiger partial charge in [-0.2, -0.15) is 0 Å². The Morgan fingerprint density at radius 2 is 1.96 bits per heavy atom. The molecule has 5 atom stereocenters. The van der Waals surface area contributed by atoms with Gasteiger partial charge < -0.3 is 28.8 Å². The summed E-state index contributed by atoms with van der Waals surface area (Å²) in [4.78, 5) is 2.77. The van der Waals surface area contributed by atoms with Crippen LogP contribution in [0, 0.1) is 0 Å². The maximum atomic E-state index is 9.52. The molecular formula is C17H23N3O6. The fourth-order valence-electron chi connectivity index (χ4n) is 3.21. The van der Waals surface area contributed by atoms with Crippen molar-refractivity contribution in [2.75, 3.05) is 13.7 Å². The van der Waals surface area contributed by atoms with Gasteiger partial charge in [0.15, 0.2) is 12.1 Å². The number of aliphatic hydroxyl groups excluding tert-OH is 1. The number of hydrogen-bond acceptors (Lipinski definition) is 7. The number of ether oxygens (including phenoxy) is 5. The first-order chi connectivity index (χ1) is 12.5. The average molecular weight is 365 g/mol. The van der Waals surface area contributed by atoms with E-state index >= 15 is 0 Å². The van der Waals surface area contributed by atoms with Crippen molar-refractivity contribution >= 4 is 0 Å². The van der Waals surface area contributed by atoms with Crippen LogP contribution < -0.4 is 4.74 Å². The van der Waals surface area contributed by atoms with Gasteiger partial charge in [-0.3, -0.25) is 0 Å². The van der Waals surface area contributed by atoms with Crippen LogP contribution in [0.15, 0.2) is 29.4 Å². The van der Waals surface area contributed by atoms with Crippen LogP contribution in [0.1, 0.15) is 19.4 Å². The van der Waals surface area contributed by atoms with Crippen molar-refractivity contribution in [3.8, 4) is 5.75 Å². The highest BCUT2D eigenvalue weighted by atomic mass is 16.8. The van der Waals surface area contributed by atoms with Crippen LogP contribution in [0.4, 0.5) is 0 Å². The number of nitrogens with zero attached hydrogens (tertiary/aromatic N) is 3. The van der Waals surface area contributed by atoms with Gasteiger partial charge in [0.2, 0.25) is 0 Å². The maximum Gasteiger partial charge on any atom is 0.187 e. The third-order valence-corrected chi connectivity index (χ3v) is 4.39. The fraction of sp³-hybridized carbons (Fsp3) is 0.647. The van der Waals surface area contributed by atoms with E-state index in [0.29, 0.717) is 6.61 Å². The Labute approximate surface area is 151 Å². The molecule has 142 valence electrons. The maximum absolute atomic E-state index is 9.52. The summed E-state index contributed by atoms with van der Waals surface area (Å²) in [5, 5.41) is 13.1. The van der Waals surface area contributed by atoms with Gasteiger partial charge in [-0.05, 0) is 37.1 Å². The predicted molar refractivity (Wildman–Crippen MR) is 90.3 cm³/mol. The second kappa shape index (κ2) is 7.79. The molecule has 0 unspecified atom stereocenters. The highest BCUT2D eigenvalue weighted by Crippen LogP contribution is 2.40. The number of rotatable bonds is 7. The molecule has 1 N–H and O–H groups in total. The van der Waals surface area contributed by atoms with E-state index in [2.05, 4.69) is 10.0 Å². The number of benzene rings is 1. The minimum atomic E-state index is -0.810. The van der Waals surface area contributed by atoms with Crippen molar-refractivity contribution < 1.29 is 28.8 Å². The van der Waals surface area contributed by atoms with Gasteiger partial charge in [-0.1, -0.05) is 17.2 Å². The molecule has 0 aromatic heterocycles. The Kier molecular flexibility index (Phi) is 5.67. The van der Waals surface area contributed by atoms with E-state index in [9.17, 15) is 5.11 Å². The van der Waals surface area contributed by atoms with Crippen molar-refractivity contribution in [3.05, 3.63) is 40.3 Å². The van der Waals surface area contributed by atoms with Crippen molar-refractivity contribution in [3.63, 3.8) is 0 Å². The zero-order valence-electron chi connectivity index (χ0n) is 14.9. The van der Waals surface area contributed by atoms with Crippen LogP contribution in [-0.4, -0.2) is 55.3 Å². The summed E-state index contributed by atoms with van der Waals surface area (Å²) in [7, 11) is 1.61. The number of aliphatic hydroxyl groups is 1. The lowest BCUT2D eigenvalue weighted by atomic mass is 10.1. The van der Waals surface area contributed by atoms with Gasteiger partial charge in [0, 0.05) is 4.91 Å². The summed E-state index contributed by atoms with van der Waals surface area (Å²) in [5.74, 6) is -0.0458. The quantitative estimate of drug-likeness (QED) is 0.450. The summed E-state index contributed by atoms with van der Waals surface area (Å²) in [6.45, 7) is 3.54. The van der Waals surface area contributed by atoms with Crippen LogP contribution in [-0.2, 0) is 25.6 Å². The fourth-order valence-corrected chi connectivity index (χ4v) is 3.21. The molecule has 26 heavy (non-hydrogen) atoms. The Balaban J connectivity index is 1.70. The average Bonchev–Trinajstić information content (AvgIpc) is 3.11. The summed E-state index contributed by atoms with van der Waals surface area (Å²) < 4.78 is 28.7. The topological polar surface area (TPSA) is 115 Å². The van der Waals surface area contributed by atoms with Crippen molar-refractivity contribution in [2.24, 2.45) is 5.11 Å². The largest absolute Gasteiger partial charge is 0.497 e. The lowest BCUT2D eigenvalue weighted by Gasteiger charge is -2.26. The van der Waals surface area contributed by atoms with E-state index in [0.717, 1.165) is 11.3 Å². The zero-order valence-corrected chi connectivity index (χ0v) is 14.9. The second-order valence-electron chi connectivity index (χ2n) is 6.65. The lowest BCUT2D eigenvalue weighted by molar-refractivity contribution is -0.239. The minimum absolute atomic E-state index is 0.305. The number of methoxy groups -OCH3 is 1. The predicted octanol–water partition coefficient (Wildman–Crippen LogP) is 2.13. The van der Waals surface area contributed by atoms with Gasteiger partial charge in [0.05, 0.1) is 26.4 Å². The molecule has 0 saturated carbocycles. The Morgan fingerprint density at radius 3 is 2.58 bits per heavy atom. The molecule has 0 radical (unpaired) electrons. The molecule has 1 aromatic carbocycles. The van der Waals surface area contributed by atoms with Crippen molar-refractivity contribution in [2.45, 2.75) is 56.9 Å². The normalized spacial score (nSPS) is 30.5. The summed E-state index contributed by atoms with van der Waals surface area (Å²) in [6, 6.07) is 6.72. The van der Waals surface area contributed by atoms with E-state index in [-0.39, 0.29) is 6.61 Å². The number of azide groups is 1. The SMILES string of the molecule is COc1ccc(CO[C@H]2O[C@H]([C@@H](CO)N=[N+]=[N-])[C@@H]3OC(C)(C)O[C@H]23)cc1. The van der Waals surface area contributed by atoms with Crippen LogP contribution in [0.25, 0.3) is 10.4 Å². The molecular weight excluding hydrogens is 342 g/mol. The molecule has 2 aliphatic rings. The molecule has 0 amide bonds. The van der Waals surface area contributed by atoms with E-state index in [4.69, 9.17) is 29.2 Å². The van der Waals surface area contributed by atoms with E-state index < -0.39 is 36.4 Å². The van der Waals surface area contributed by atoms with E-state index in [1.807, 2.05) is 24.3 Å². The Hall–Kier alpha value is -1.87. The van der Waals surface area contributed by atoms with Gasteiger partial charge in [0.25, 0.3) is 0 Å². The first-order valence-corrected chi connectivity index (χ1v) is 8.38. The van der Waals surface area contributed by atoms with Crippen LogP contribution in [0.5, 0.6) is 5.75 Å². The lowest BCUT2D eigenvalue weighted by Crippen LogP contribution is -2.39. The van der Waals surface area contributed by atoms with E-state index in [1.165, 1.54) is 0 Å². The number of hydrogen-bond donors (Lipinski definition) is 1. The van der Waals surface area contributed by atoms with Gasteiger partial charge in [-0.25, -0.2) is 0 Å². The molecule has 2 fully saturated rings. The molecule has 1 aromatic rings. The Bertz CT molecular complexity index is 661. The van der Waals surface area contributed by atoms with E-state index in [1.54, 1.807) is 21.0 Å². The molecule has 0 aliphatic carbocycles. The summed E-state index contributed by atoms with van der Waals surface area (Å²) in [5.41, 5.74) is 9.66. The number of fused-ring (bicyclic) bond motifs is 1. The van der Waals surface area contributed by atoms with Crippen molar-refractivity contribution in [1.82, 2.24) is 0 Å². The third-order valence-electron chi connectivity index (χ3n) is 4.39. The monoisotopic (exact) mass is 365 g/mol. The standard InChI is InChI=1S/C17H23N3O6/c1-17(2)25-14-13(12(8-21)19-20-18)24-16(15(14)26-17)23-9-10-4-6-11(22-3)7-5-10/h4-7,12-16,21H,8-9H2,1-3H3/t12-,13-,14+,15+,16+/m1/s1. The molecule has 0 bridgehead atoms. The molecule has 3 rings (SSSR count). The van der Waals surface area contributed by atoms with Crippen LogP contribution >= 0.6 is 0 Å². The first-order valence-electron chi connectivity index (χ1n) is 8.38. The molecule has 2 saturated heterocycles. The smallest absolute Gasteiger partial charge is 0.187 e. The molecule has 9 nitrogen and oxygen atoms in total. The minimum Gasteiger partial charge on any atom is -0.497 e. The molecule has 9 heteroatoms. The van der Waals surface area contributed by atoms with Crippen LogP contribution in [0.3, 0.4) is 0 Å². The zero-order chi connectivity index (χ0) is 18.7. The van der Waals surface area contributed by atoms with Crippen molar-refractivity contribution in [1.29, 1.82) is 0 Å². The molecule has 2 heterocycles. The van der Waals surface area contributed by atoms with Gasteiger partial charge in [-0.15, -0.1) is 0 Å².